The van der Waals surface area contributed by atoms with E-state index < -0.39 is 0 Å². The molecular formula is C22H24N4O2. The Bertz CT molecular complexity index is 1220. The summed E-state index contributed by atoms with van der Waals surface area (Å²) in [7, 11) is 4.11. The zero-order chi connectivity index (χ0) is 20.0. The van der Waals surface area contributed by atoms with Crippen LogP contribution in [-0.4, -0.2) is 46.0 Å². The van der Waals surface area contributed by atoms with Crippen LogP contribution in [0.15, 0.2) is 30.3 Å². The van der Waals surface area contributed by atoms with Gasteiger partial charge in [-0.1, -0.05) is 0 Å². The van der Waals surface area contributed by atoms with E-state index >= 15 is 0 Å². The fourth-order valence-electron chi connectivity index (χ4n) is 3.48. The summed E-state index contributed by atoms with van der Waals surface area (Å²) >= 11 is 0. The third-order valence-corrected chi connectivity index (χ3v) is 5.06. The lowest BCUT2D eigenvalue weighted by molar-refractivity contribution is -0.131. The molecule has 0 aliphatic carbocycles. The Hall–Kier alpha value is -2.99. The maximum absolute atomic E-state index is 11.4. The number of benzene rings is 2. The van der Waals surface area contributed by atoms with Crippen LogP contribution in [0.5, 0.6) is 5.75 Å². The highest BCUT2D eigenvalue weighted by Crippen LogP contribution is 2.31. The smallest absolute Gasteiger partial charge is 0.308 e. The molecule has 0 unspecified atom stereocenters. The first-order valence-corrected chi connectivity index (χ1v) is 9.37. The highest BCUT2D eigenvalue weighted by atomic mass is 16.5. The third-order valence-electron chi connectivity index (χ3n) is 5.06. The van der Waals surface area contributed by atoms with Crippen molar-refractivity contribution in [2.24, 2.45) is 0 Å². The van der Waals surface area contributed by atoms with Gasteiger partial charge in [0.05, 0.1) is 16.6 Å². The first-order valence-electron chi connectivity index (χ1n) is 9.37. The SMILES string of the molecule is CC(=O)Oc1ccc2c(c1)c1nc3cc(C)c(C)cc3nc1n2CCN(C)C. The van der Waals surface area contributed by atoms with Crippen LogP contribution in [0.1, 0.15) is 18.1 Å². The van der Waals surface area contributed by atoms with Crippen molar-refractivity contribution in [3.05, 3.63) is 41.5 Å². The molecule has 6 heteroatoms. The summed E-state index contributed by atoms with van der Waals surface area (Å²) in [6, 6.07) is 9.86. The van der Waals surface area contributed by atoms with Gasteiger partial charge in [-0.25, -0.2) is 9.97 Å². The van der Waals surface area contributed by atoms with Crippen molar-refractivity contribution in [2.75, 3.05) is 20.6 Å². The van der Waals surface area contributed by atoms with Gasteiger partial charge in [-0.15, -0.1) is 0 Å². The quantitative estimate of drug-likeness (QED) is 0.400. The number of carbonyl (C=O) groups is 1. The van der Waals surface area contributed by atoms with E-state index in [1.54, 1.807) is 0 Å². The minimum Gasteiger partial charge on any atom is -0.427 e. The van der Waals surface area contributed by atoms with Crippen molar-refractivity contribution in [2.45, 2.75) is 27.3 Å². The van der Waals surface area contributed by atoms with Gasteiger partial charge >= 0.3 is 5.97 Å². The molecule has 0 amide bonds. The zero-order valence-electron chi connectivity index (χ0n) is 16.9. The fourth-order valence-corrected chi connectivity index (χ4v) is 3.48. The largest absolute Gasteiger partial charge is 0.427 e. The van der Waals surface area contributed by atoms with Crippen molar-refractivity contribution < 1.29 is 9.53 Å². The number of hydrogen-bond acceptors (Lipinski definition) is 5. The van der Waals surface area contributed by atoms with Gasteiger partial charge in [-0.05, 0) is 69.4 Å². The summed E-state index contributed by atoms with van der Waals surface area (Å²) in [4.78, 5) is 23.4. The minimum absolute atomic E-state index is 0.335. The average Bonchev–Trinajstić information content (AvgIpc) is 2.91. The van der Waals surface area contributed by atoms with Crippen molar-refractivity contribution in [1.29, 1.82) is 0 Å². The monoisotopic (exact) mass is 376 g/mol. The Balaban J connectivity index is 2.03. The molecule has 2 aromatic heterocycles. The number of ether oxygens (including phenoxy) is 1. The Kier molecular flexibility index (Phi) is 4.51. The summed E-state index contributed by atoms with van der Waals surface area (Å²) in [5.41, 5.74) is 6.89. The van der Waals surface area contributed by atoms with Crippen molar-refractivity contribution in [3.8, 4) is 5.75 Å². The van der Waals surface area contributed by atoms with Crippen LogP contribution in [0.4, 0.5) is 0 Å². The predicted molar refractivity (Wildman–Crippen MR) is 112 cm³/mol. The molecule has 0 aliphatic rings. The number of aromatic nitrogens is 3. The van der Waals surface area contributed by atoms with Crippen LogP contribution in [0, 0.1) is 13.8 Å². The lowest BCUT2D eigenvalue weighted by Crippen LogP contribution is -2.18. The number of carbonyl (C=O) groups excluding carboxylic acids is 1. The zero-order valence-corrected chi connectivity index (χ0v) is 16.9. The summed E-state index contributed by atoms with van der Waals surface area (Å²) in [6.07, 6.45) is 0. The molecule has 144 valence electrons. The molecule has 2 aromatic carbocycles. The van der Waals surface area contributed by atoms with Crippen LogP contribution >= 0.6 is 0 Å². The van der Waals surface area contributed by atoms with E-state index in [2.05, 4.69) is 49.5 Å². The van der Waals surface area contributed by atoms with Gasteiger partial charge in [0.1, 0.15) is 11.3 Å². The summed E-state index contributed by atoms with van der Waals surface area (Å²) in [6.45, 7) is 7.26. The Morgan fingerprint density at radius 1 is 1.07 bits per heavy atom. The Morgan fingerprint density at radius 3 is 2.39 bits per heavy atom. The van der Waals surface area contributed by atoms with E-state index in [0.29, 0.717) is 5.75 Å². The van der Waals surface area contributed by atoms with Gasteiger partial charge in [0.15, 0.2) is 5.65 Å². The van der Waals surface area contributed by atoms with Gasteiger partial charge < -0.3 is 14.2 Å². The first-order chi connectivity index (χ1) is 13.3. The van der Waals surface area contributed by atoms with Crippen molar-refractivity contribution in [1.82, 2.24) is 19.4 Å². The van der Waals surface area contributed by atoms with E-state index in [4.69, 9.17) is 14.7 Å². The first kappa shape index (κ1) is 18.4. The van der Waals surface area contributed by atoms with Crippen LogP contribution in [0.3, 0.4) is 0 Å². The van der Waals surface area contributed by atoms with E-state index in [9.17, 15) is 4.79 Å². The fraction of sp³-hybridized carbons (Fsp3) is 0.318. The van der Waals surface area contributed by atoms with Crippen molar-refractivity contribution >= 4 is 39.1 Å². The third kappa shape index (κ3) is 3.20. The normalized spacial score (nSPS) is 11.8. The standard InChI is InChI=1S/C22H24N4O2/c1-13-10-18-19(11-14(13)2)24-22-21(23-18)17-12-16(28-15(3)27)6-7-20(17)26(22)9-8-25(4)5/h6-7,10-12H,8-9H2,1-5H3. The van der Waals surface area contributed by atoms with Gasteiger partial charge in [-0.2, -0.15) is 0 Å². The van der Waals surface area contributed by atoms with Crippen LogP contribution in [-0.2, 0) is 11.3 Å². The molecule has 6 nitrogen and oxygen atoms in total. The molecule has 2 heterocycles. The molecule has 0 fully saturated rings. The lowest BCUT2D eigenvalue weighted by atomic mass is 10.1. The van der Waals surface area contributed by atoms with Crippen LogP contribution in [0.25, 0.3) is 33.1 Å². The van der Waals surface area contributed by atoms with E-state index in [1.807, 2.05) is 18.2 Å². The van der Waals surface area contributed by atoms with Crippen LogP contribution in [0.2, 0.25) is 0 Å². The molecule has 28 heavy (non-hydrogen) atoms. The molecule has 0 spiro atoms. The maximum atomic E-state index is 11.4. The van der Waals surface area contributed by atoms with Gasteiger partial charge in [0, 0.05) is 25.4 Å². The topological polar surface area (TPSA) is 60.2 Å². The molecule has 0 N–H and O–H groups in total. The highest BCUT2D eigenvalue weighted by molar-refractivity contribution is 6.07. The second-order valence-electron chi connectivity index (χ2n) is 7.55. The number of hydrogen-bond donors (Lipinski definition) is 0. The summed E-state index contributed by atoms with van der Waals surface area (Å²) in [5.74, 6) is 0.187. The molecular weight excluding hydrogens is 352 g/mol. The Morgan fingerprint density at radius 2 is 1.75 bits per heavy atom. The molecule has 0 bridgehead atoms. The highest BCUT2D eigenvalue weighted by Gasteiger charge is 2.16. The van der Waals surface area contributed by atoms with E-state index in [-0.39, 0.29) is 5.97 Å². The predicted octanol–water partition coefficient (Wildman–Crippen LogP) is 3.84. The molecule has 0 radical (unpaired) electrons. The maximum Gasteiger partial charge on any atom is 0.308 e. The molecule has 0 atom stereocenters. The number of fused-ring (bicyclic) bond motifs is 4. The minimum atomic E-state index is -0.335. The number of aryl methyl sites for hydroxylation is 2. The number of esters is 1. The van der Waals surface area contributed by atoms with Crippen molar-refractivity contribution in [3.63, 3.8) is 0 Å². The van der Waals surface area contributed by atoms with Gasteiger partial charge in [0.25, 0.3) is 0 Å². The van der Waals surface area contributed by atoms with E-state index in [1.165, 1.54) is 18.1 Å². The summed E-state index contributed by atoms with van der Waals surface area (Å²) in [5, 5.41) is 0.945. The van der Waals surface area contributed by atoms with Gasteiger partial charge in [-0.3, -0.25) is 4.79 Å². The lowest BCUT2D eigenvalue weighted by Gasteiger charge is -2.12. The summed E-state index contributed by atoms with van der Waals surface area (Å²) < 4.78 is 7.49. The number of rotatable bonds is 4. The van der Waals surface area contributed by atoms with Gasteiger partial charge in [0.2, 0.25) is 0 Å². The number of nitrogens with zero attached hydrogens (tertiary/aromatic N) is 4. The molecule has 0 saturated carbocycles. The van der Waals surface area contributed by atoms with Crippen LogP contribution < -0.4 is 4.74 Å². The second kappa shape index (κ2) is 6.87. The molecule has 0 saturated heterocycles. The number of likely N-dealkylation sites (N-methyl/N-ethyl adjacent to an activating group) is 1. The molecule has 4 aromatic rings. The molecule has 0 aliphatic heterocycles. The average molecular weight is 376 g/mol. The molecule has 4 rings (SSSR count). The Labute approximate surface area is 163 Å². The second-order valence-corrected chi connectivity index (χ2v) is 7.55. The van der Waals surface area contributed by atoms with E-state index in [0.717, 1.165) is 46.2 Å².